The van der Waals surface area contributed by atoms with Crippen LogP contribution >= 0.6 is 0 Å². The van der Waals surface area contributed by atoms with Crippen molar-refractivity contribution in [3.05, 3.63) is 17.7 Å². The van der Waals surface area contributed by atoms with E-state index in [2.05, 4.69) is 4.98 Å². The lowest BCUT2D eigenvalue weighted by Gasteiger charge is -1.97. The van der Waals surface area contributed by atoms with E-state index in [-0.39, 0.29) is 0 Å². The van der Waals surface area contributed by atoms with Crippen molar-refractivity contribution in [3.63, 3.8) is 0 Å². The van der Waals surface area contributed by atoms with E-state index in [1.807, 2.05) is 18.5 Å². The Hall–Kier alpha value is -0.830. The average molecular weight is 125 g/mol. The normalized spacial score (nSPS) is 10.1. The molecule has 0 bridgehead atoms. The van der Waals surface area contributed by atoms with Crippen LogP contribution in [0, 0.1) is 6.92 Å². The molecule has 3 heteroatoms. The molecule has 1 rings (SSSR count). The number of hydrogen-bond donors (Lipinski definition) is 1. The van der Waals surface area contributed by atoms with Gasteiger partial charge in [0.25, 0.3) is 0 Å². The number of aryl methyl sites for hydroxylation is 1. The Labute approximate surface area is 54.5 Å². The molecule has 0 unspecified atom stereocenters. The summed E-state index contributed by atoms with van der Waals surface area (Å²) in [5.74, 6) is 1.01. The van der Waals surface area contributed by atoms with Crippen molar-refractivity contribution in [2.75, 3.05) is 0 Å². The molecule has 1 heterocycles. The van der Waals surface area contributed by atoms with Crippen LogP contribution < -0.4 is 5.73 Å². The number of aromatic nitrogens is 2. The van der Waals surface area contributed by atoms with Gasteiger partial charge >= 0.3 is 0 Å². The van der Waals surface area contributed by atoms with E-state index in [4.69, 9.17) is 5.73 Å². The van der Waals surface area contributed by atoms with Gasteiger partial charge in [0.05, 0.1) is 5.69 Å². The minimum Gasteiger partial charge on any atom is -0.334 e. The van der Waals surface area contributed by atoms with E-state index in [0.29, 0.717) is 6.54 Å². The molecule has 1 aromatic heterocycles. The summed E-state index contributed by atoms with van der Waals surface area (Å²) in [6.45, 7) is 2.52. The summed E-state index contributed by atoms with van der Waals surface area (Å²) < 4.78 is 1.99. The quantitative estimate of drug-likeness (QED) is 0.582. The molecule has 9 heavy (non-hydrogen) atoms. The summed E-state index contributed by atoms with van der Waals surface area (Å²) in [5, 5.41) is 0. The number of hydrogen-bond acceptors (Lipinski definition) is 2. The van der Waals surface area contributed by atoms with E-state index in [9.17, 15) is 0 Å². The fourth-order valence-corrected chi connectivity index (χ4v) is 0.739. The lowest BCUT2D eigenvalue weighted by atomic mass is 10.5. The molecule has 0 amide bonds. The molecule has 0 atom stereocenters. The lowest BCUT2D eigenvalue weighted by molar-refractivity contribution is 0.788. The highest BCUT2D eigenvalue weighted by Gasteiger charge is 1.97. The van der Waals surface area contributed by atoms with Crippen molar-refractivity contribution in [3.8, 4) is 0 Å². The SMILES string of the molecule is Cc1ncc(CN)n1C. The van der Waals surface area contributed by atoms with Crippen LogP contribution in [0.3, 0.4) is 0 Å². The van der Waals surface area contributed by atoms with Crippen LogP contribution in [0.25, 0.3) is 0 Å². The van der Waals surface area contributed by atoms with Gasteiger partial charge in [-0.15, -0.1) is 0 Å². The molecule has 0 aliphatic carbocycles. The molecule has 0 aliphatic rings. The first kappa shape index (κ1) is 6.29. The topological polar surface area (TPSA) is 43.8 Å². The number of nitrogens with two attached hydrogens (primary N) is 1. The Kier molecular flexibility index (Phi) is 1.53. The largest absolute Gasteiger partial charge is 0.334 e. The van der Waals surface area contributed by atoms with Gasteiger partial charge in [0, 0.05) is 19.8 Å². The average Bonchev–Trinajstić information content (AvgIpc) is 2.15. The van der Waals surface area contributed by atoms with Gasteiger partial charge in [-0.05, 0) is 6.92 Å². The summed E-state index contributed by atoms with van der Waals surface area (Å²) in [7, 11) is 1.96. The molecule has 50 valence electrons. The van der Waals surface area contributed by atoms with Gasteiger partial charge in [0.2, 0.25) is 0 Å². The maximum absolute atomic E-state index is 5.40. The third-order valence-electron chi connectivity index (χ3n) is 1.53. The van der Waals surface area contributed by atoms with Crippen LogP contribution in [-0.2, 0) is 13.6 Å². The molecule has 0 radical (unpaired) electrons. The zero-order chi connectivity index (χ0) is 6.85. The lowest BCUT2D eigenvalue weighted by Crippen LogP contribution is -2.03. The monoisotopic (exact) mass is 125 g/mol. The van der Waals surface area contributed by atoms with Gasteiger partial charge in [-0.3, -0.25) is 0 Å². The highest BCUT2D eigenvalue weighted by atomic mass is 15.1. The first-order valence-corrected chi connectivity index (χ1v) is 2.93. The van der Waals surface area contributed by atoms with Crippen LogP contribution in [0.15, 0.2) is 6.20 Å². The van der Waals surface area contributed by atoms with Crippen molar-refractivity contribution in [1.82, 2.24) is 9.55 Å². The summed E-state index contributed by atoms with van der Waals surface area (Å²) in [6.07, 6.45) is 1.80. The standard InChI is InChI=1S/C6H11N3/c1-5-8-4-6(3-7)9(5)2/h4H,3,7H2,1-2H3. The fraction of sp³-hybridized carbons (Fsp3) is 0.500. The van der Waals surface area contributed by atoms with E-state index in [0.717, 1.165) is 11.5 Å². The Balaban J connectivity index is 3.04. The van der Waals surface area contributed by atoms with Gasteiger partial charge in [-0.25, -0.2) is 4.98 Å². The zero-order valence-electron chi connectivity index (χ0n) is 5.76. The molecule has 1 aromatic rings. The summed E-state index contributed by atoms with van der Waals surface area (Å²) in [5.41, 5.74) is 6.48. The van der Waals surface area contributed by atoms with Crippen molar-refractivity contribution >= 4 is 0 Å². The molecule has 2 N–H and O–H groups in total. The predicted molar refractivity (Wildman–Crippen MR) is 35.8 cm³/mol. The van der Waals surface area contributed by atoms with Gasteiger partial charge in [0.1, 0.15) is 5.82 Å². The fourth-order valence-electron chi connectivity index (χ4n) is 0.739. The molecule has 0 spiro atoms. The minimum absolute atomic E-state index is 0.567. The van der Waals surface area contributed by atoms with E-state index >= 15 is 0 Å². The van der Waals surface area contributed by atoms with Crippen molar-refractivity contribution < 1.29 is 0 Å². The van der Waals surface area contributed by atoms with Crippen molar-refractivity contribution in [2.45, 2.75) is 13.5 Å². The van der Waals surface area contributed by atoms with Gasteiger partial charge in [0.15, 0.2) is 0 Å². The molecule has 0 aromatic carbocycles. The van der Waals surface area contributed by atoms with Gasteiger partial charge in [-0.2, -0.15) is 0 Å². The van der Waals surface area contributed by atoms with Crippen LogP contribution in [0.1, 0.15) is 11.5 Å². The smallest absolute Gasteiger partial charge is 0.105 e. The number of rotatable bonds is 1. The highest BCUT2D eigenvalue weighted by Crippen LogP contribution is 1.98. The summed E-state index contributed by atoms with van der Waals surface area (Å²) in [4.78, 5) is 4.07. The van der Waals surface area contributed by atoms with Gasteiger partial charge in [-0.1, -0.05) is 0 Å². The second-order valence-electron chi connectivity index (χ2n) is 2.06. The molecular weight excluding hydrogens is 114 g/mol. The maximum atomic E-state index is 5.40. The van der Waals surface area contributed by atoms with Crippen LogP contribution in [-0.4, -0.2) is 9.55 Å². The van der Waals surface area contributed by atoms with Crippen LogP contribution in [0.4, 0.5) is 0 Å². The molecule has 0 aliphatic heterocycles. The van der Waals surface area contributed by atoms with Crippen molar-refractivity contribution in [2.24, 2.45) is 12.8 Å². The minimum atomic E-state index is 0.567. The molecule has 3 nitrogen and oxygen atoms in total. The van der Waals surface area contributed by atoms with E-state index in [1.165, 1.54) is 0 Å². The molecule has 0 saturated carbocycles. The first-order chi connectivity index (χ1) is 4.25. The summed E-state index contributed by atoms with van der Waals surface area (Å²) >= 11 is 0. The van der Waals surface area contributed by atoms with Crippen molar-refractivity contribution in [1.29, 1.82) is 0 Å². The van der Waals surface area contributed by atoms with Crippen LogP contribution in [0.5, 0.6) is 0 Å². The highest BCUT2D eigenvalue weighted by molar-refractivity contribution is 5.02. The van der Waals surface area contributed by atoms with E-state index < -0.39 is 0 Å². The molecular formula is C6H11N3. The third-order valence-corrected chi connectivity index (χ3v) is 1.53. The predicted octanol–water partition coefficient (Wildman–Crippen LogP) is 0.187. The second kappa shape index (κ2) is 2.19. The second-order valence-corrected chi connectivity index (χ2v) is 2.06. The van der Waals surface area contributed by atoms with E-state index in [1.54, 1.807) is 6.20 Å². The maximum Gasteiger partial charge on any atom is 0.105 e. The Morgan fingerprint density at radius 1 is 1.78 bits per heavy atom. The third kappa shape index (κ3) is 0.954. The number of nitrogens with zero attached hydrogens (tertiary/aromatic N) is 2. The first-order valence-electron chi connectivity index (χ1n) is 2.93. The Bertz CT molecular complexity index is 202. The number of imidazole rings is 1. The summed E-state index contributed by atoms with van der Waals surface area (Å²) in [6, 6.07) is 0. The Morgan fingerprint density at radius 3 is 2.67 bits per heavy atom. The van der Waals surface area contributed by atoms with Gasteiger partial charge < -0.3 is 10.3 Å². The molecule has 0 fully saturated rings. The zero-order valence-corrected chi connectivity index (χ0v) is 5.76. The molecule has 0 saturated heterocycles. The van der Waals surface area contributed by atoms with Crippen LogP contribution in [0.2, 0.25) is 0 Å². The Morgan fingerprint density at radius 2 is 2.44 bits per heavy atom.